The lowest BCUT2D eigenvalue weighted by Gasteiger charge is -2.15. The number of para-hydroxylation sites is 1. The van der Waals surface area contributed by atoms with Gasteiger partial charge in [-0.15, -0.1) is 0 Å². The third-order valence-electron chi connectivity index (χ3n) is 4.14. The molecule has 1 fully saturated rings. The molecule has 4 rings (SSSR count). The van der Waals surface area contributed by atoms with Crippen molar-refractivity contribution in [1.29, 1.82) is 0 Å². The van der Waals surface area contributed by atoms with Crippen LogP contribution < -0.4 is 14.8 Å². The number of nitrogens with one attached hydrogen (secondary N) is 1. The van der Waals surface area contributed by atoms with Gasteiger partial charge in [-0.2, -0.15) is 0 Å². The summed E-state index contributed by atoms with van der Waals surface area (Å²) in [5.41, 5.74) is 2.73. The molecule has 1 N–H and O–H groups in total. The number of anilines is 1. The van der Waals surface area contributed by atoms with Crippen LogP contribution in [-0.2, 0) is 4.79 Å². The van der Waals surface area contributed by atoms with Crippen molar-refractivity contribution in [3.05, 3.63) is 58.5 Å². The third-order valence-corrected chi connectivity index (χ3v) is 5.05. The van der Waals surface area contributed by atoms with Gasteiger partial charge in [-0.1, -0.05) is 24.3 Å². The maximum absolute atomic E-state index is 12.6. The van der Waals surface area contributed by atoms with E-state index < -0.39 is 0 Å². The van der Waals surface area contributed by atoms with Crippen LogP contribution in [0.4, 0.5) is 10.5 Å². The molecule has 0 radical (unpaired) electrons. The Balaban J connectivity index is 1.49. The summed E-state index contributed by atoms with van der Waals surface area (Å²) in [6.45, 7) is 2.30. The van der Waals surface area contributed by atoms with Gasteiger partial charge in [0.05, 0.1) is 11.6 Å². The normalized spacial score (nSPS) is 17.3. The molecule has 2 aliphatic rings. The Hall–Kier alpha value is -2.93. The van der Waals surface area contributed by atoms with Crippen molar-refractivity contribution in [3.8, 4) is 11.5 Å². The summed E-state index contributed by atoms with van der Waals surface area (Å²) >= 11 is 0.936. The molecule has 0 aromatic heterocycles. The smallest absolute Gasteiger partial charge is 0.295 e. The highest BCUT2D eigenvalue weighted by atomic mass is 32.2. The highest BCUT2D eigenvalue weighted by Gasteiger charge is 2.35. The van der Waals surface area contributed by atoms with Gasteiger partial charge in [-0.3, -0.25) is 14.5 Å². The highest BCUT2D eigenvalue weighted by molar-refractivity contribution is 8.18. The van der Waals surface area contributed by atoms with Crippen LogP contribution in [-0.4, -0.2) is 29.5 Å². The average molecular weight is 368 g/mol. The molecule has 0 spiro atoms. The second kappa shape index (κ2) is 6.76. The standard InChI is InChI=1S/C19H16N2O4S/c1-12-4-2-3-5-14(12)20-10-21-18(22)17(26-19(21)23)9-13-6-7-15-16(8-13)25-11-24-15/h2-9,20H,10-11H2,1H3. The average Bonchev–Trinajstić information content (AvgIpc) is 3.19. The molecule has 2 aliphatic heterocycles. The first-order valence-electron chi connectivity index (χ1n) is 8.06. The van der Waals surface area contributed by atoms with Crippen LogP contribution in [0.3, 0.4) is 0 Å². The quantitative estimate of drug-likeness (QED) is 0.828. The number of hydrogen-bond acceptors (Lipinski definition) is 6. The van der Waals surface area contributed by atoms with E-state index in [0.717, 1.165) is 28.6 Å². The van der Waals surface area contributed by atoms with E-state index in [9.17, 15) is 9.59 Å². The SMILES string of the molecule is Cc1ccccc1NCN1C(=O)SC(=Cc2ccc3c(c2)OCO3)C1=O. The van der Waals surface area contributed by atoms with Crippen LogP contribution in [0.5, 0.6) is 11.5 Å². The molecule has 6 nitrogen and oxygen atoms in total. The third kappa shape index (κ3) is 3.13. The Morgan fingerprint density at radius 2 is 1.96 bits per heavy atom. The van der Waals surface area contributed by atoms with E-state index in [-0.39, 0.29) is 24.6 Å². The predicted octanol–water partition coefficient (Wildman–Crippen LogP) is 3.83. The molecule has 132 valence electrons. The van der Waals surface area contributed by atoms with Gasteiger partial charge in [0.15, 0.2) is 11.5 Å². The zero-order chi connectivity index (χ0) is 18.1. The van der Waals surface area contributed by atoms with Crippen LogP contribution in [0.1, 0.15) is 11.1 Å². The summed E-state index contributed by atoms with van der Waals surface area (Å²) in [4.78, 5) is 26.4. The molecule has 0 aliphatic carbocycles. The van der Waals surface area contributed by atoms with Crippen molar-refractivity contribution in [2.24, 2.45) is 0 Å². The Labute approximate surface area is 154 Å². The lowest BCUT2D eigenvalue weighted by atomic mass is 10.2. The molecule has 0 saturated carbocycles. The van der Waals surface area contributed by atoms with Crippen LogP contribution in [0.2, 0.25) is 0 Å². The minimum atomic E-state index is -0.307. The van der Waals surface area contributed by atoms with Crippen molar-refractivity contribution in [2.75, 3.05) is 18.8 Å². The summed E-state index contributed by atoms with van der Waals surface area (Å²) in [5.74, 6) is 1.01. The van der Waals surface area contributed by atoms with E-state index in [2.05, 4.69) is 5.32 Å². The lowest BCUT2D eigenvalue weighted by Crippen LogP contribution is -2.33. The molecule has 1 saturated heterocycles. The second-order valence-corrected chi connectivity index (χ2v) is 6.87. The summed E-state index contributed by atoms with van der Waals surface area (Å²) in [7, 11) is 0. The Morgan fingerprint density at radius 3 is 2.81 bits per heavy atom. The van der Waals surface area contributed by atoms with Gasteiger partial charge >= 0.3 is 0 Å². The van der Waals surface area contributed by atoms with Crippen LogP contribution in [0, 0.1) is 6.92 Å². The maximum atomic E-state index is 12.6. The molecule has 0 unspecified atom stereocenters. The zero-order valence-corrected chi connectivity index (χ0v) is 14.8. The fourth-order valence-corrected chi connectivity index (χ4v) is 3.56. The Bertz CT molecular complexity index is 926. The minimum Gasteiger partial charge on any atom is -0.454 e. The number of carbonyl (C=O) groups is 2. The number of ether oxygens (including phenoxy) is 2. The topological polar surface area (TPSA) is 67.9 Å². The van der Waals surface area contributed by atoms with Crippen molar-refractivity contribution >= 4 is 34.7 Å². The van der Waals surface area contributed by atoms with Gasteiger partial charge in [-0.05, 0) is 54.1 Å². The summed E-state index contributed by atoms with van der Waals surface area (Å²) < 4.78 is 10.6. The number of amides is 2. The number of imide groups is 1. The second-order valence-electron chi connectivity index (χ2n) is 5.87. The number of thioether (sulfide) groups is 1. The lowest BCUT2D eigenvalue weighted by molar-refractivity contribution is -0.122. The Morgan fingerprint density at radius 1 is 1.15 bits per heavy atom. The van der Waals surface area contributed by atoms with Crippen molar-refractivity contribution in [2.45, 2.75) is 6.92 Å². The number of benzene rings is 2. The fourth-order valence-electron chi connectivity index (χ4n) is 2.73. The first-order valence-corrected chi connectivity index (χ1v) is 8.88. The van der Waals surface area contributed by atoms with E-state index in [4.69, 9.17) is 9.47 Å². The van der Waals surface area contributed by atoms with Gasteiger partial charge in [0.25, 0.3) is 11.1 Å². The molecule has 2 aromatic carbocycles. The van der Waals surface area contributed by atoms with Gasteiger partial charge < -0.3 is 14.8 Å². The fraction of sp³-hybridized carbons (Fsp3) is 0.158. The minimum absolute atomic E-state index is 0.133. The number of hydrogen-bond donors (Lipinski definition) is 1. The summed E-state index contributed by atoms with van der Waals surface area (Å²) in [5, 5.41) is 2.85. The number of rotatable bonds is 4. The molecular weight excluding hydrogens is 352 g/mol. The van der Waals surface area contributed by atoms with Gasteiger partial charge in [0.2, 0.25) is 6.79 Å². The van der Waals surface area contributed by atoms with Crippen molar-refractivity contribution in [1.82, 2.24) is 4.90 Å². The van der Waals surface area contributed by atoms with Crippen LogP contribution in [0.25, 0.3) is 6.08 Å². The summed E-state index contributed by atoms with van der Waals surface area (Å²) in [6.07, 6.45) is 1.70. The zero-order valence-electron chi connectivity index (χ0n) is 14.0. The molecule has 7 heteroatoms. The molecular formula is C19H16N2O4S. The largest absolute Gasteiger partial charge is 0.454 e. The predicted molar refractivity (Wildman–Crippen MR) is 100 cm³/mol. The van der Waals surface area contributed by atoms with Crippen LogP contribution in [0.15, 0.2) is 47.4 Å². The van der Waals surface area contributed by atoms with Gasteiger partial charge in [0, 0.05) is 5.69 Å². The maximum Gasteiger partial charge on any atom is 0.295 e. The molecule has 0 atom stereocenters. The van der Waals surface area contributed by atoms with E-state index in [1.165, 1.54) is 4.90 Å². The molecule has 2 heterocycles. The van der Waals surface area contributed by atoms with E-state index in [1.807, 2.05) is 37.3 Å². The number of aryl methyl sites for hydroxylation is 1. The summed E-state index contributed by atoms with van der Waals surface area (Å²) in [6, 6.07) is 13.1. The highest BCUT2D eigenvalue weighted by Crippen LogP contribution is 2.36. The van der Waals surface area contributed by atoms with Gasteiger partial charge in [-0.25, -0.2) is 0 Å². The number of nitrogens with zero attached hydrogens (tertiary/aromatic N) is 1. The van der Waals surface area contributed by atoms with E-state index in [0.29, 0.717) is 16.4 Å². The van der Waals surface area contributed by atoms with E-state index in [1.54, 1.807) is 18.2 Å². The molecule has 0 bridgehead atoms. The first-order chi connectivity index (χ1) is 12.6. The van der Waals surface area contributed by atoms with Gasteiger partial charge in [0.1, 0.15) is 0 Å². The number of carbonyl (C=O) groups excluding carboxylic acids is 2. The van der Waals surface area contributed by atoms with Crippen molar-refractivity contribution < 1.29 is 19.1 Å². The molecule has 2 aromatic rings. The van der Waals surface area contributed by atoms with E-state index >= 15 is 0 Å². The molecule has 26 heavy (non-hydrogen) atoms. The monoisotopic (exact) mass is 368 g/mol. The molecule has 2 amide bonds. The van der Waals surface area contributed by atoms with Crippen LogP contribution >= 0.6 is 11.8 Å². The number of fused-ring (bicyclic) bond motifs is 1. The Kier molecular flexibility index (Phi) is 4.30. The first kappa shape index (κ1) is 16.5. The van der Waals surface area contributed by atoms with Crippen molar-refractivity contribution in [3.63, 3.8) is 0 Å².